The first kappa shape index (κ1) is 10.9. The first-order valence-electron chi connectivity index (χ1n) is 5.58. The molecule has 0 radical (unpaired) electrons. The fourth-order valence-electron chi connectivity index (χ4n) is 1.94. The van der Waals surface area contributed by atoms with Crippen molar-refractivity contribution in [1.82, 2.24) is 0 Å². The third-order valence-corrected chi connectivity index (χ3v) is 3.08. The SMILES string of the molecule is CCOc1ccc(C2(CN=C=O)CC2)cc1. The molecule has 1 saturated carbocycles. The molecule has 1 aromatic carbocycles. The van der Waals surface area contributed by atoms with Gasteiger partial charge in [-0.05, 0) is 37.5 Å². The van der Waals surface area contributed by atoms with Crippen LogP contribution in [0, 0.1) is 0 Å². The fourth-order valence-corrected chi connectivity index (χ4v) is 1.94. The van der Waals surface area contributed by atoms with Gasteiger partial charge in [0.05, 0.1) is 13.2 Å². The van der Waals surface area contributed by atoms with Crippen molar-refractivity contribution in [2.75, 3.05) is 13.2 Å². The first-order chi connectivity index (χ1) is 7.80. The van der Waals surface area contributed by atoms with E-state index in [1.807, 2.05) is 19.1 Å². The Labute approximate surface area is 95.2 Å². The molecule has 0 aliphatic heterocycles. The molecular weight excluding hydrogens is 202 g/mol. The Bertz CT molecular complexity index is 400. The summed E-state index contributed by atoms with van der Waals surface area (Å²) in [6.45, 7) is 3.21. The van der Waals surface area contributed by atoms with Crippen LogP contribution in [0.5, 0.6) is 5.75 Å². The number of isocyanates is 1. The highest BCUT2D eigenvalue weighted by Gasteiger charge is 2.44. The molecule has 0 aromatic heterocycles. The van der Waals surface area contributed by atoms with Crippen LogP contribution in [0.4, 0.5) is 0 Å². The lowest BCUT2D eigenvalue weighted by atomic mass is 9.96. The minimum Gasteiger partial charge on any atom is -0.494 e. The molecule has 0 unspecified atom stereocenters. The summed E-state index contributed by atoms with van der Waals surface area (Å²) >= 11 is 0. The molecule has 0 amide bonds. The van der Waals surface area contributed by atoms with E-state index in [0.717, 1.165) is 18.6 Å². The normalized spacial score (nSPS) is 16.3. The molecule has 1 aliphatic rings. The third-order valence-electron chi connectivity index (χ3n) is 3.08. The summed E-state index contributed by atoms with van der Waals surface area (Å²) in [5.41, 5.74) is 1.34. The number of aliphatic imine (C=N–C) groups is 1. The van der Waals surface area contributed by atoms with Crippen molar-refractivity contribution < 1.29 is 9.53 Å². The van der Waals surface area contributed by atoms with Crippen LogP contribution in [0.2, 0.25) is 0 Å². The molecule has 3 nitrogen and oxygen atoms in total. The number of rotatable bonds is 5. The summed E-state index contributed by atoms with van der Waals surface area (Å²) in [5, 5.41) is 0. The number of hydrogen-bond acceptors (Lipinski definition) is 3. The van der Waals surface area contributed by atoms with Crippen molar-refractivity contribution in [1.29, 1.82) is 0 Å². The largest absolute Gasteiger partial charge is 0.494 e. The van der Waals surface area contributed by atoms with Gasteiger partial charge < -0.3 is 4.74 Å². The summed E-state index contributed by atoms with van der Waals surface area (Å²) in [6, 6.07) is 8.09. The van der Waals surface area contributed by atoms with E-state index in [4.69, 9.17) is 4.74 Å². The molecule has 16 heavy (non-hydrogen) atoms. The molecule has 0 bridgehead atoms. The van der Waals surface area contributed by atoms with Crippen LogP contribution < -0.4 is 4.74 Å². The van der Waals surface area contributed by atoms with E-state index in [0.29, 0.717) is 13.2 Å². The summed E-state index contributed by atoms with van der Waals surface area (Å²) in [4.78, 5) is 13.8. The molecule has 0 saturated heterocycles. The second-order valence-corrected chi connectivity index (χ2v) is 4.15. The van der Waals surface area contributed by atoms with Crippen LogP contribution in [-0.2, 0) is 10.2 Å². The lowest BCUT2D eigenvalue weighted by Gasteiger charge is -2.12. The van der Waals surface area contributed by atoms with Crippen LogP contribution in [-0.4, -0.2) is 19.2 Å². The fraction of sp³-hybridized carbons (Fsp3) is 0.462. The van der Waals surface area contributed by atoms with Gasteiger partial charge in [0.1, 0.15) is 5.75 Å². The van der Waals surface area contributed by atoms with Gasteiger partial charge in [-0.3, -0.25) is 0 Å². The van der Waals surface area contributed by atoms with Crippen molar-refractivity contribution in [3.05, 3.63) is 29.8 Å². The molecule has 3 heteroatoms. The molecule has 1 fully saturated rings. The Hall–Kier alpha value is -1.60. The van der Waals surface area contributed by atoms with Gasteiger partial charge in [-0.2, -0.15) is 0 Å². The molecule has 0 heterocycles. The Balaban J connectivity index is 2.12. The van der Waals surface area contributed by atoms with E-state index >= 15 is 0 Å². The van der Waals surface area contributed by atoms with Crippen molar-refractivity contribution in [2.45, 2.75) is 25.2 Å². The lowest BCUT2D eigenvalue weighted by Crippen LogP contribution is -2.10. The van der Waals surface area contributed by atoms with E-state index in [1.165, 1.54) is 5.56 Å². The van der Waals surface area contributed by atoms with Crippen LogP contribution in [0.25, 0.3) is 0 Å². The van der Waals surface area contributed by atoms with Crippen LogP contribution in [0.15, 0.2) is 29.3 Å². The van der Waals surface area contributed by atoms with Gasteiger partial charge >= 0.3 is 0 Å². The van der Waals surface area contributed by atoms with Crippen LogP contribution >= 0.6 is 0 Å². The highest BCUT2D eigenvalue weighted by atomic mass is 16.5. The minimum absolute atomic E-state index is 0.0994. The zero-order valence-corrected chi connectivity index (χ0v) is 9.40. The molecular formula is C13H15NO2. The van der Waals surface area contributed by atoms with E-state index in [-0.39, 0.29) is 5.41 Å². The summed E-state index contributed by atoms with van der Waals surface area (Å²) < 4.78 is 5.39. The summed E-state index contributed by atoms with van der Waals surface area (Å²) in [6.07, 6.45) is 3.82. The maximum Gasteiger partial charge on any atom is 0.234 e. The Morgan fingerprint density at radius 2 is 2.06 bits per heavy atom. The third kappa shape index (κ3) is 2.15. The Morgan fingerprint density at radius 3 is 2.56 bits per heavy atom. The number of ether oxygens (including phenoxy) is 1. The van der Waals surface area contributed by atoms with Crippen LogP contribution in [0.1, 0.15) is 25.3 Å². The van der Waals surface area contributed by atoms with Crippen molar-refractivity contribution in [3.63, 3.8) is 0 Å². The molecule has 0 spiro atoms. The van der Waals surface area contributed by atoms with E-state index in [1.54, 1.807) is 6.08 Å². The monoisotopic (exact) mass is 217 g/mol. The number of hydrogen-bond donors (Lipinski definition) is 0. The maximum atomic E-state index is 10.1. The van der Waals surface area contributed by atoms with Crippen LogP contribution in [0.3, 0.4) is 0 Å². The van der Waals surface area contributed by atoms with Gasteiger partial charge in [0, 0.05) is 5.41 Å². The molecule has 0 atom stereocenters. The van der Waals surface area contributed by atoms with Crippen molar-refractivity contribution in [2.24, 2.45) is 4.99 Å². The molecule has 2 rings (SSSR count). The predicted octanol–water partition coefficient (Wildman–Crippen LogP) is 2.45. The highest BCUT2D eigenvalue weighted by molar-refractivity contribution is 5.39. The average Bonchev–Trinajstić information content (AvgIpc) is 3.09. The smallest absolute Gasteiger partial charge is 0.234 e. The standard InChI is InChI=1S/C13H15NO2/c1-2-16-12-5-3-11(4-6-12)13(7-8-13)9-14-10-15/h3-6H,2,7-9H2,1H3. The molecule has 84 valence electrons. The topological polar surface area (TPSA) is 38.7 Å². The molecule has 0 N–H and O–H groups in total. The summed E-state index contributed by atoms with van der Waals surface area (Å²) in [5.74, 6) is 0.890. The van der Waals surface area contributed by atoms with E-state index in [9.17, 15) is 4.79 Å². The van der Waals surface area contributed by atoms with Gasteiger partial charge in [-0.15, -0.1) is 0 Å². The number of nitrogens with zero attached hydrogens (tertiary/aromatic N) is 1. The zero-order valence-electron chi connectivity index (χ0n) is 9.40. The van der Waals surface area contributed by atoms with Gasteiger partial charge in [0.25, 0.3) is 0 Å². The zero-order chi connectivity index (χ0) is 11.4. The lowest BCUT2D eigenvalue weighted by molar-refractivity contribution is 0.340. The molecule has 1 aliphatic carbocycles. The second-order valence-electron chi connectivity index (χ2n) is 4.15. The van der Waals surface area contributed by atoms with Gasteiger partial charge in [-0.1, -0.05) is 12.1 Å². The van der Waals surface area contributed by atoms with Gasteiger partial charge in [-0.25, -0.2) is 9.79 Å². The number of benzene rings is 1. The Morgan fingerprint density at radius 1 is 1.38 bits per heavy atom. The predicted molar refractivity (Wildman–Crippen MR) is 61.5 cm³/mol. The quantitative estimate of drug-likeness (QED) is 0.561. The van der Waals surface area contributed by atoms with E-state index < -0.39 is 0 Å². The maximum absolute atomic E-state index is 10.1. The number of carbonyl (C=O) groups excluding carboxylic acids is 1. The summed E-state index contributed by atoms with van der Waals surface area (Å²) in [7, 11) is 0. The van der Waals surface area contributed by atoms with Gasteiger partial charge in [0.15, 0.2) is 0 Å². The van der Waals surface area contributed by atoms with E-state index in [2.05, 4.69) is 17.1 Å². The second kappa shape index (κ2) is 4.50. The van der Waals surface area contributed by atoms with Crippen molar-refractivity contribution >= 4 is 6.08 Å². The Kier molecular flexibility index (Phi) is 3.07. The van der Waals surface area contributed by atoms with Crippen molar-refractivity contribution in [3.8, 4) is 5.75 Å². The minimum atomic E-state index is 0.0994. The first-order valence-corrected chi connectivity index (χ1v) is 5.58. The molecule has 1 aromatic rings. The highest BCUT2D eigenvalue weighted by Crippen LogP contribution is 2.48. The van der Waals surface area contributed by atoms with Gasteiger partial charge in [0.2, 0.25) is 6.08 Å². The average molecular weight is 217 g/mol.